The molecule has 15 heavy (non-hydrogen) atoms. The van der Waals surface area contributed by atoms with E-state index in [1.54, 1.807) is 6.92 Å². The second kappa shape index (κ2) is 5.47. The first-order valence-electron chi connectivity index (χ1n) is 4.73. The van der Waals surface area contributed by atoms with Crippen LogP contribution in [0.4, 0.5) is 8.78 Å². The van der Waals surface area contributed by atoms with Gasteiger partial charge in [-0.3, -0.25) is 0 Å². The predicted molar refractivity (Wildman–Crippen MR) is 58.8 cm³/mol. The van der Waals surface area contributed by atoms with E-state index in [1.807, 2.05) is 6.92 Å². The van der Waals surface area contributed by atoms with Crippen molar-refractivity contribution in [2.75, 3.05) is 0 Å². The normalized spacial score (nSPS) is 15.0. The zero-order chi connectivity index (χ0) is 11.4. The molecule has 1 rings (SSSR count). The van der Waals surface area contributed by atoms with Gasteiger partial charge >= 0.3 is 0 Å². The van der Waals surface area contributed by atoms with Crippen molar-refractivity contribution >= 4 is 11.8 Å². The Hall–Kier alpha value is -0.610. The lowest BCUT2D eigenvalue weighted by Gasteiger charge is -2.13. The van der Waals surface area contributed by atoms with Crippen LogP contribution in [0, 0.1) is 11.6 Å². The van der Waals surface area contributed by atoms with Gasteiger partial charge in [-0.1, -0.05) is 6.92 Å². The van der Waals surface area contributed by atoms with Gasteiger partial charge in [-0.05, 0) is 24.6 Å². The molecule has 4 heteroatoms. The second-order valence-corrected chi connectivity index (χ2v) is 4.90. The van der Waals surface area contributed by atoms with Crippen molar-refractivity contribution in [3.8, 4) is 0 Å². The van der Waals surface area contributed by atoms with Crippen LogP contribution in [-0.2, 0) is 5.75 Å². The molecule has 1 aromatic rings. The Kier molecular flexibility index (Phi) is 4.54. The van der Waals surface area contributed by atoms with Crippen molar-refractivity contribution in [2.24, 2.45) is 0 Å². The highest BCUT2D eigenvalue weighted by Crippen LogP contribution is 2.21. The molecule has 0 amide bonds. The van der Waals surface area contributed by atoms with E-state index in [9.17, 15) is 13.9 Å². The smallest absolute Gasteiger partial charge is 0.126 e. The minimum absolute atomic E-state index is 0.0522. The third kappa shape index (κ3) is 4.18. The van der Waals surface area contributed by atoms with E-state index in [-0.39, 0.29) is 5.25 Å². The Labute approximate surface area is 92.5 Å². The lowest BCUT2D eigenvalue weighted by Crippen LogP contribution is -2.15. The summed E-state index contributed by atoms with van der Waals surface area (Å²) in [6.07, 6.45) is -0.423. The van der Waals surface area contributed by atoms with Gasteiger partial charge in [0.2, 0.25) is 0 Å². The Balaban J connectivity index is 2.57. The van der Waals surface area contributed by atoms with Crippen LogP contribution in [0.1, 0.15) is 19.4 Å². The van der Waals surface area contributed by atoms with E-state index < -0.39 is 17.7 Å². The summed E-state index contributed by atoms with van der Waals surface area (Å²) < 4.78 is 25.6. The van der Waals surface area contributed by atoms with E-state index in [1.165, 1.54) is 23.9 Å². The number of halogens is 2. The highest BCUT2D eigenvalue weighted by molar-refractivity contribution is 7.99. The Bertz CT molecular complexity index is 308. The molecule has 1 aromatic carbocycles. The SMILES string of the molecule is CC(O)C(C)SCc1cc(F)cc(F)c1. The summed E-state index contributed by atoms with van der Waals surface area (Å²) in [6.45, 7) is 3.58. The third-order valence-corrected chi connectivity index (χ3v) is 3.53. The molecular weight excluding hydrogens is 218 g/mol. The molecular formula is C11H14F2OS. The number of hydrogen-bond donors (Lipinski definition) is 1. The summed E-state index contributed by atoms with van der Waals surface area (Å²) in [5.74, 6) is -0.619. The fourth-order valence-corrected chi connectivity index (χ4v) is 1.96. The van der Waals surface area contributed by atoms with Crippen LogP contribution in [0.25, 0.3) is 0 Å². The summed E-state index contributed by atoms with van der Waals surface area (Å²) in [6, 6.07) is 3.47. The molecule has 0 heterocycles. The molecule has 0 bridgehead atoms. The van der Waals surface area contributed by atoms with Gasteiger partial charge in [0.05, 0.1) is 6.10 Å². The second-order valence-electron chi connectivity index (χ2n) is 3.53. The van der Waals surface area contributed by atoms with Crippen molar-refractivity contribution < 1.29 is 13.9 Å². The van der Waals surface area contributed by atoms with Gasteiger partial charge in [0.1, 0.15) is 11.6 Å². The van der Waals surface area contributed by atoms with Crippen LogP contribution in [0.2, 0.25) is 0 Å². The van der Waals surface area contributed by atoms with Crippen LogP contribution in [-0.4, -0.2) is 16.5 Å². The third-order valence-electron chi connectivity index (χ3n) is 2.11. The number of rotatable bonds is 4. The lowest BCUT2D eigenvalue weighted by atomic mass is 10.2. The molecule has 0 fully saturated rings. The molecule has 0 aliphatic rings. The summed E-state index contributed by atoms with van der Waals surface area (Å²) in [5.41, 5.74) is 0.602. The quantitative estimate of drug-likeness (QED) is 0.861. The summed E-state index contributed by atoms with van der Waals surface area (Å²) in [4.78, 5) is 0. The van der Waals surface area contributed by atoms with Gasteiger partial charge in [-0.2, -0.15) is 11.8 Å². The first-order valence-corrected chi connectivity index (χ1v) is 5.78. The maximum absolute atomic E-state index is 12.8. The largest absolute Gasteiger partial charge is 0.392 e. The molecule has 2 unspecified atom stereocenters. The molecule has 84 valence electrons. The summed E-state index contributed by atoms with van der Waals surface area (Å²) >= 11 is 1.47. The van der Waals surface area contributed by atoms with Gasteiger partial charge in [-0.15, -0.1) is 0 Å². The van der Waals surface area contributed by atoms with Crippen LogP contribution < -0.4 is 0 Å². The molecule has 0 saturated heterocycles. The molecule has 0 saturated carbocycles. The van der Waals surface area contributed by atoms with Gasteiger partial charge in [0, 0.05) is 17.1 Å². The highest BCUT2D eigenvalue weighted by atomic mass is 32.2. The number of aliphatic hydroxyl groups is 1. The first kappa shape index (κ1) is 12.5. The summed E-state index contributed by atoms with van der Waals surface area (Å²) in [5, 5.41) is 9.29. The highest BCUT2D eigenvalue weighted by Gasteiger charge is 2.09. The molecule has 1 N–H and O–H groups in total. The first-order chi connectivity index (χ1) is 6.99. The van der Waals surface area contributed by atoms with Crippen molar-refractivity contribution in [2.45, 2.75) is 31.0 Å². The van der Waals surface area contributed by atoms with Crippen LogP contribution in [0.3, 0.4) is 0 Å². The molecule has 0 aliphatic heterocycles. The van der Waals surface area contributed by atoms with Crippen molar-refractivity contribution in [1.82, 2.24) is 0 Å². The van der Waals surface area contributed by atoms with Gasteiger partial charge in [-0.25, -0.2) is 8.78 Å². The minimum Gasteiger partial charge on any atom is -0.392 e. The summed E-state index contributed by atoms with van der Waals surface area (Å²) in [7, 11) is 0. The van der Waals surface area contributed by atoms with Crippen LogP contribution in [0.5, 0.6) is 0 Å². The van der Waals surface area contributed by atoms with Crippen molar-refractivity contribution in [3.63, 3.8) is 0 Å². The van der Waals surface area contributed by atoms with E-state index in [0.29, 0.717) is 11.3 Å². The average molecular weight is 232 g/mol. The lowest BCUT2D eigenvalue weighted by molar-refractivity contribution is 0.196. The van der Waals surface area contributed by atoms with Gasteiger partial charge in [0.25, 0.3) is 0 Å². The molecule has 0 aliphatic carbocycles. The van der Waals surface area contributed by atoms with Crippen LogP contribution >= 0.6 is 11.8 Å². The maximum atomic E-state index is 12.8. The molecule has 0 radical (unpaired) electrons. The standard InChI is InChI=1S/C11H14F2OS/c1-7(14)8(2)15-6-9-3-10(12)5-11(13)4-9/h3-5,7-8,14H,6H2,1-2H3. The van der Waals surface area contributed by atoms with E-state index >= 15 is 0 Å². The zero-order valence-corrected chi connectivity index (χ0v) is 9.52. The predicted octanol–water partition coefficient (Wildman–Crippen LogP) is 2.97. The van der Waals surface area contributed by atoms with E-state index in [2.05, 4.69) is 0 Å². The average Bonchev–Trinajstić information content (AvgIpc) is 2.12. The minimum atomic E-state index is -0.560. The molecule has 2 atom stereocenters. The number of benzene rings is 1. The van der Waals surface area contributed by atoms with Crippen molar-refractivity contribution in [1.29, 1.82) is 0 Å². The van der Waals surface area contributed by atoms with Crippen LogP contribution in [0.15, 0.2) is 18.2 Å². The monoisotopic (exact) mass is 232 g/mol. The van der Waals surface area contributed by atoms with Gasteiger partial charge in [0.15, 0.2) is 0 Å². The number of hydrogen-bond acceptors (Lipinski definition) is 2. The zero-order valence-electron chi connectivity index (χ0n) is 8.71. The van der Waals surface area contributed by atoms with Crippen molar-refractivity contribution in [3.05, 3.63) is 35.4 Å². The Morgan fingerprint density at radius 3 is 2.20 bits per heavy atom. The topological polar surface area (TPSA) is 20.2 Å². The fourth-order valence-electron chi connectivity index (χ4n) is 1.06. The molecule has 0 aromatic heterocycles. The number of thioether (sulfide) groups is 1. The Morgan fingerprint density at radius 2 is 1.73 bits per heavy atom. The maximum Gasteiger partial charge on any atom is 0.126 e. The Morgan fingerprint density at radius 1 is 1.20 bits per heavy atom. The van der Waals surface area contributed by atoms with E-state index in [4.69, 9.17) is 0 Å². The van der Waals surface area contributed by atoms with E-state index in [0.717, 1.165) is 6.07 Å². The number of aliphatic hydroxyl groups excluding tert-OH is 1. The fraction of sp³-hybridized carbons (Fsp3) is 0.455. The molecule has 0 spiro atoms. The van der Waals surface area contributed by atoms with Gasteiger partial charge < -0.3 is 5.11 Å². The molecule has 1 nitrogen and oxygen atoms in total.